The van der Waals surface area contributed by atoms with Crippen molar-refractivity contribution in [2.24, 2.45) is 0 Å². The molecule has 4 heterocycles. The number of carbonyl (C=O) groups is 6. The molecule has 6 N–H and O–H groups in total. The molecule has 5 amide bonds. The average Bonchev–Trinajstić information content (AvgIpc) is 4.17. The molecule has 3 unspecified atom stereocenters. The smallest absolute Gasteiger partial charge is 0.305 e. The number of piperidine rings is 1. The number of hydrogen-bond donors (Lipinski definition) is 6. The number of aliphatic hydroxyl groups excluding tert-OH is 2. The third-order valence-corrected chi connectivity index (χ3v) is 14.0. The zero-order chi connectivity index (χ0) is 55.3. The number of fused-ring (bicyclic) bond motifs is 1. The van der Waals surface area contributed by atoms with E-state index in [1.807, 2.05) is 71.8 Å². The lowest BCUT2D eigenvalue weighted by Crippen LogP contribution is -2.54. The van der Waals surface area contributed by atoms with Crippen molar-refractivity contribution in [3.8, 4) is 28.1 Å². The maximum atomic E-state index is 14.7. The second-order valence-corrected chi connectivity index (χ2v) is 20.2. The lowest BCUT2D eigenvalue weighted by Gasteiger charge is -2.27. The summed E-state index contributed by atoms with van der Waals surface area (Å²) in [6.45, 7) is 5.90. The fourth-order valence-electron chi connectivity index (χ4n) is 10.3. The molecule has 2 aliphatic heterocycles. The molecule has 3 atom stereocenters. The Bertz CT molecular complexity index is 3100. The number of halogens is 1. The van der Waals surface area contributed by atoms with E-state index in [2.05, 4.69) is 26.3 Å². The normalized spacial score (nSPS) is 15.1. The maximum absolute atomic E-state index is 14.7. The van der Waals surface area contributed by atoms with Gasteiger partial charge in [-0.25, -0.2) is 4.39 Å². The first-order valence-electron chi connectivity index (χ1n) is 26.8. The number of anilines is 2. The Morgan fingerprint density at radius 1 is 0.821 bits per heavy atom. The van der Waals surface area contributed by atoms with Crippen LogP contribution in [0.1, 0.15) is 139 Å². The third kappa shape index (κ3) is 13.9. The number of nitrogens with zero attached hydrogens (tertiary/aromatic N) is 5. The van der Waals surface area contributed by atoms with Crippen molar-refractivity contribution < 1.29 is 53.2 Å². The first-order chi connectivity index (χ1) is 37.7. The quantitative estimate of drug-likeness (QED) is 0.0199. The summed E-state index contributed by atoms with van der Waals surface area (Å²) in [5.74, 6) is -3.70. The molecule has 4 aromatic carbocycles. The van der Waals surface area contributed by atoms with Gasteiger partial charge in [-0.2, -0.15) is 0 Å². The molecule has 0 aliphatic carbocycles. The summed E-state index contributed by atoms with van der Waals surface area (Å²) in [5, 5.41) is 47.9. The van der Waals surface area contributed by atoms with Crippen molar-refractivity contribution in [1.29, 1.82) is 0 Å². The molecular formula is C59H67FN8O10. The number of nitrogens with one attached hydrogen (secondary N) is 3. The van der Waals surface area contributed by atoms with Crippen LogP contribution in [0.2, 0.25) is 0 Å². The third-order valence-electron chi connectivity index (χ3n) is 14.0. The Morgan fingerprint density at radius 2 is 1.58 bits per heavy atom. The molecule has 8 rings (SSSR count). The van der Waals surface area contributed by atoms with Gasteiger partial charge in [0.15, 0.2) is 0 Å². The first-order valence-corrected chi connectivity index (χ1v) is 26.8. The summed E-state index contributed by atoms with van der Waals surface area (Å²) in [4.78, 5) is 77.6. The lowest BCUT2D eigenvalue weighted by atomic mass is 9.94. The Balaban J connectivity index is 0.840. The minimum Gasteiger partial charge on any atom is -0.494 e. The summed E-state index contributed by atoms with van der Waals surface area (Å²) in [6.07, 6.45) is 6.33. The van der Waals surface area contributed by atoms with Gasteiger partial charge in [0, 0.05) is 54.9 Å². The second kappa shape index (κ2) is 26.3. The van der Waals surface area contributed by atoms with E-state index in [1.54, 1.807) is 42.5 Å². The van der Waals surface area contributed by atoms with E-state index in [1.165, 1.54) is 12.1 Å². The van der Waals surface area contributed by atoms with Crippen molar-refractivity contribution >= 4 is 46.9 Å². The highest BCUT2D eigenvalue weighted by Crippen LogP contribution is 2.44. The van der Waals surface area contributed by atoms with E-state index < -0.39 is 60.1 Å². The number of imide groups is 2. The van der Waals surface area contributed by atoms with E-state index in [0.717, 1.165) is 68.5 Å². The number of carbonyl (C=O) groups excluding carboxylic acids is 5. The number of benzene rings is 4. The molecule has 1 fully saturated rings. The monoisotopic (exact) mass is 1070 g/mol. The van der Waals surface area contributed by atoms with Crippen LogP contribution in [0.15, 0.2) is 103 Å². The Kier molecular flexibility index (Phi) is 19.0. The molecule has 18 nitrogen and oxygen atoms in total. The van der Waals surface area contributed by atoms with E-state index in [-0.39, 0.29) is 55.2 Å². The number of ether oxygens (including phenoxy) is 1. The van der Waals surface area contributed by atoms with Crippen molar-refractivity contribution in [2.75, 3.05) is 23.8 Å². The van der Waals surface area contributed by atoms with Crippen LogP contribution in [0.5, 0.6) is 5.75 Å². The minimum absolute atomic E-state index is 0.0630. The van der Waals surface area contributed by atoms with Gasteiger partial charge in [0.2, 0.25) is 11.8 Å². The maximum Gasteiger partial charge on any atom is 0.305 e. The number of carboxylic acids is 1. The number of carboxylic acid groups (broad SMARTS) is 1. The van der Waals surface area contributed by atoms with Crippen molar-refractivity contribution in [3.05, 3.63) is 137 Å². The standard InChI is InChI=1S/C59H67FN8O10/c1-37(2)54-53(57(75)62-41-16-7-6-8-17-41)51(55(38-22-24-40(60)25-23-38)67(54)31-28-43(69)34-44(70)35-50(72)73)39-15-13-19-45(33-39)78-32-12-9-18-42-36-66(65-64-42)30-11-5-3-4-10-29-61-47-21-14-20-46-52(47)59(77)68(58(46)76)48-26-27-49(71)63-56(48)74/h6-8,13-17,19-25,33,36-37,43-44,48,61,69-70H,3-5,9-12,18,26-32,34-35H2,1-2H3,(H,62,75)(H,72,73)(H,63,71,74). The fraction of sp³-hybridized carbons (Fsp3) is 0.390. The van der Waals surface area contributed by atoms with Crippen LogP contribution in [-0.4, -0.2) is 107 Å². The van der Waals surface area contributed by atoms with E-state index in [0.29, 0.717) is 63.9 Å². The predicted molar refractivity (Wildman–Crippen MR) is 290 cm³/mol. The van der Waals surface area contributed by atoms with Gasteiger partial charge in [0.25, 0.3) is 17.7 Å². The van der Waals surface area contributed by atoms with Gasteiger partial charge in [-0.1, -0.05) is 74.7 Å². The summed E-state index contributed by atoms with van der Waals surface area (Å²) in [6, 6.07) is 26.7. The van der Waals surface area contributed by atoms with E-state index >= 15 is 0 Å². The summed E-state index contributed by atoms with van der Waals surface area (Å²) in [7, 11) is 0. The highest BCUT2D eigenvalue weighted by Gasteiger charge is 2.45. The number of hydrogen-bond acceptors (Lipinski definition) is 12. The van der Waals surface area contributed by atoms with Crippen LogP contribution in [0.3, 0.4) is 0 Å². The van der Waals surface area contributed by atoms with Gasteiger partial charge in [0.05, 0.1) is 53.3 Å². The number of amides is 5. The van der Waals surface area contributed by atoms with Crippen LogP contribution < -0.4 is 20.7 Å². The number of rotatable bonds is 28. The van der Waals surface area contributed by atoms with Crippen LogP contribution in [0, 0.1) is 5.82 Å². The van der Waals surface area contributed by atoms with Crippen molar-refractivity contribution in [1.82, 2.24) is 29.8 Å². The number of aromatic nitrogens is 4. The average molecular weight is 1070 g/mol. The SMILES string of the molecule is CC(C)c1c(C(=O)Nc2ccccc2)c(-c2cccc(OCCCCc3cn(CCCCCCCNc4cccc5c4C(=O)N(C4CCC(=O)NC4=O)C5=O)nn3)c2)c(-c2ccc(F)cc2)n1CCC(O)CC(O)CC(=O)O. The van der Waals surface area contributed by atoms with Gasteiger partial charge in [-0.3, -0.25) is 43.7 Å². The van der Waals surface area contributed by atoms with E-state index in [9.17, 15) is 48.5 Å². The van der Waals surface area contributed by atoms with Gasteiger partial charge >= 0.3 is 5.97 Å². The molecule has 0 spiro atoms. The molecule has 2 aromatic heterocycles. The Labute approximate surface area is 452 Å². The molecule has 410 valence electrons. The highest BCUT2D eigenvalue weighted by molar-refractivity contribution is 6.25. The van der Waals surface area contributed by atoms with Crippen LogP contribution >= 0.6 is 0 Å². The predicted octanol–water partition coefficient (Wildman–Crippen LogP) is 8.77. The first kappa shape index (κ1) is 56.2. The molecule has 2 aliphatic rings. The Morgan fingerprint density at radius 3 is 2.33 bits per heavy atom. The second-order valence-electron chi connectivity index (χ2n) is 20.2. The molecule has 0 radical (unpaired) electrons. The molecule has 1 saturated heterocycles. The van der Waals surface area contributed by atoms with Gasteiger partial charge in [-0.05, 0) is 129 Å². The zero-order valence-corrected chi connectivity index (χ0v) is 44.0. The summed E-state index contributed by atoms with van der Waals surface area (Å²) < 4.78 is 24.7. The number of aryl methyl sites for hydroxylation is 2. The molecule has 0 saturated carbocycles. The number of unbranched alkanes of at least 4 members (excludes halogenated alkanes) is 5. The van der Waals surface area contributed by atoms with Crippen molar-refractivity contribution in [2.45, 2.75) is 135 Å². The molecule has 19 heteroatoms. The van der Waals surface area contributed by atoms with Crippen LogP contribution in [0.4, 0.5) is 15.8 Å². The largest absolute Gasteiger partial charge is 0.494 e. The molecular weight excluding hydrogens is 1000 g/mol. The number of para-hydroxylation sites is 1. The number of aliphatic hydroxyl groups is 2. The van der Waals surface area contributed by atoms with Crippen LogP contribution in [-0.2, 0) is 33.9 Å². The minimum atomic E-state index is -1.24. The Hall–Kier alpha value is -8.03. The number of aliphatic carboxylic acids is 1. The molecule has 78 heavy (non-hydrogen) atoms. The van der Waals surface area contributed by atoms with Gasteiger partial charge in [-0.15, -0.1) is 5.10 Å². The van der Waals surface area contributed by atoms with Crippen LogP contribution in [0.25, 0.3) is 22.4 Å². The lowest BCUT2D eigenvalue weighted by molar-refractivity contribution is -0.140. The van der Waals surface area contributed by atoms with Gasteiger partial charge in [0.1, 0.15) is 17.6 Å². The topological polar surface area (TPSA) is 247 Å². The highest BCUT2D eigenvalue weighted by atomic mass is 19.1. The summed E-state index contributed by atoms with van der Waals surface area (Å²) in [5.41, 5.74) is 6.16. The van der Waals surface area contributed by atoms with Crippen molar-refractivity contribution in [3.63, 3.8) is 0 Å². The summed E-state index contributed by atoms with van der Waals surface area (Å²) >= 11 is 0. The fourth-order valence-corrected chi connectivity index (χ4v) is 10.3. The zero-order valence-electron chi connectivity index (χ0n) is 44.0. The van der Waals surface area contributed by atoms with Gasteiger partial charge < -0.3 is 35.3 Å². The molecule has 0 bridgehead atoms. The van der Waals surface area contributed by atoms with E-state index in [4.69, 9.17) is 4.74 Å². The molecule has 6 aromatic rings.